The molecule has 10 heteroatoms. The Morgan fingerprint density at radius 3 is 2.63 bits per heavy atom. The molecule has 0 aromatic heterocycles. The Hall–Kier alpha value is -4.34. The summed E-state index contributed by atoms with van der Waals surface area (Å²) >= 11 is 0. The summed E-state index contributed by atoms with van der Waals surface area (Å²) < 4.78 is 7.50. The number of aromatic nitrogens is 4. The van der Waals surface area contributed by atoms with Gasteiger partial charge in [0.2, 0.25) is 0 Å². The molecule has 0 saturated heterocycles. The molecule has 0 unspecified atom stereocenters. The van der Waals surface area contributed by atoms with Gasteiger partial charge in [0, 0.05) is 32.3 Å². The average Bonchev–Trinajstić information content (AvgIpc) is 3.29. The van der Waals surface area contributed by atoms with Gasteiger partial charge in [-0.2, -0.15) is 4.98 Å². The number of aryl methyl sites for hydroxylation is 2. The number of ether oxygens (including phenoxy) is 1. The minimum atomic E-state index is -0.746. The van der Waals surface area contributed by atoms with Gasteiger partial charge < -0.3 is 14.2 Å². The van der Waals surface area contributed by atoms with Crippen LogP contribution in [0.15, 0.2) is 44.9 Å². The van der Waals surface area contributed by atoms with Gasteiger partial charge >= 0.3 is 11.8 Å². The first-order chi connectivity index (χ1) is 18.0. The molecule has 0 spiro atoms. The highest BCUT2D eigenvalue weighted by molar-refractivity contribution is 5.81. The molecule has 3 aliphatic heterocycles. The Bertz CT molecular complexity index is 1680. The molecule has 196 valence electrons. The van der Waals surface area contributed by atoms with Gasteiger partial charge in [-0.25, -0.2) is 14.6 Å². The van der Waals surface area contributed by atoms with Crippen LogP contribution in [-0.2, 0) is 24.2 Å². The molecule has 0 fully saturated rings. The second kappa shape index (κ2) is 9.51. The molecule has 38 heavy (non-hydrogen) atoms. The fraction of sp³-hybridized carbons (Fsp3) is 0.357. The van der Waals surface area contributed by atoms with Crippen molar-refractivity contribution in [3.8, 4) is 11.5 Å². The number of benzene rings is 2. The van der Waals surface area contributed by atoms with Crippen LogP contribution in [0.3, 0.4) is 0 Å². The molecule has 0 atom stereocenters. The minimum Gasteiger partial charge on any atom is -0.444 e. The van der Waals surface area contributed by atoms with E-state index in [9.17, 15) is 14.4 Å². The third-order valence-corrected chi connectivity index (χ3v) is 6.53. The van der Waals surface area contributed by atoms with Gasteiger partial charge in [-0.1, -0.05) is 12.1 Å². The predicted molar refractivity (Wildman–Crippen MR) is 145 cm³/mol. The first-order valence-corrected chi connectivity index (χ1v) is 12.5. The van der Waals surface area contributed by atoms with E-state index in [1.54, 1.807) is 9.47 Å². The topological polar surface area (TPSA) is 123 Å². The Morgan fingerprint density at radius 1 is 1.11 bits per heavy atom. The number of aliphatic imine (C=N–C) groups is 1. The Balaban J connectivity index is 1.55. The zero-order valence-electron chi connectivity index (χ0n) is 22.2. The molecular formula is C28H30N6O4. The lowest BCUT2D eigenvalue weighted by molar-refractivity contribution is 0.0227. The fourth-order valence-corrected chi connectivity index (χ4v) is 4.52. The van der Waals surface area contributed by atoms with Gasteiger partial charge in [-0.3, -0.25) is 14.8 Å². The highest BCUT2D eigenvalue weighted by atomic mass is 16.6. The van der Waals surface area contributed by atoms with Crippen LogP contribution >= 0.6 is 0 Å². The van der Waals surface area contributed by atoms with Crippen molar-refractivity contribution in [2.45, 2.75) is 59.7 Å². The van der Waals surface area contributed by atoms with Crippen molar-refractivity contribution in [3.05, 3.63) is 73.4 Å². The van der Waals surface area contributed by atoms with Crippen LogP contribution in [0, 0.1) is 13.8 Å². The van der Waals surface area contributed by atoms with E-state index in [4.69, 9.17) is 4.74 Å². The lowest BCUT2D eigenvalue weighted by Gasteiger charge is -2.28. The maximum atomic E-state index is 13.3. The van der Waals surface area contributed by atoms with Crippen LogP contribution in [0.25, 0.3) is 22.6 Å². The van der Waals surface area contributed by atoms with E-state index in [1.165, 1.54) is 0 Å². The molecule has 2 aromatic carbocycles. The smallest absolute Gasteiger partial charge is 0.410 e. The third-order valence-electron chi connectivity index (χ3n) is 6.53. The molecule has 1 N–H and O–H groups in total. The normalized spacial score (nSPS) is 12.8. The molecule has 0 saturated carbocycles. The molecule has 0 bridgehead atoms. The first-order valence-electron chi connectivity index (χ1n) is 12.5. The number of H-pyrrole nitrogens is 1. The van der Waals surface area contributed by atoms with E-state index in [1.807, 2.05) is 71.2 Å². The summed E-state index contributed by atoms with van der Waals surface area (Å²) in [6.45, 7) is 10.2. The van der Waals surface area contributed by atoms with Gasteiger partial charge in [0.25, 0.3) is 5.56 Å². The zero-order chi connectivity index (χ0) is 27.2. The molecule has 2 aromatic rings. The lowest BCUT2D eigenvalue weighted by atomic mass is 10.1. The monoisotopic (exact) mass is 514 g/mol. The van der Waals surface area contributed by atoms with Crippen LogP contribution in [0.4, 0.5) is 10.5 Å². The maximum absolute atomic E-state index is 13.3. The highest BCUT2D eigenvalue weighted by Crippen LogP contribution is 2.27. The van der Waals surface area contributed by atoms with E-state index >= 15 is 0 Å². The molecule has 5 rings (SSSR count). The van der Waals surface area contributed by atoms with Crippen LogP contribution in [-0.4, -0.2) is 48.9 Å². The highest BCUT2D eigenvalue weighted by Gasteiger charge is 2.25. The summed E-state index contributed by atoms with van der Waals surface area (Å²) in [4.78, 5) is 54.9. The zero-order valence-corrected chi connectivity index (χ0v) is 22.2. The van der Waals surface area contributed by atoms with Crippen molar-refractivity contribution in [2.75, 3.05) is 6.54 Å². The Labute approximate surface area is 219 Å². The van der Waals surface area contributed by atoms with E-state index in [0.29, 0.717) is 17.6 Å². The molecule has 10 nitrogen and oxygen atoms in total. The number of aromatic amines is 1. The number of nitrogens with one attached hydrogen (secondary N) is 1. The van der Waals surface area contributed by atoms with Gasteiger partial charge in [-0.15, -0.1) is 0 Å². The average molecular weight is 515 g/mol. The largest absolute Gasteiger partial charge is 0.444 e. The molecule has 0 radical (unpaired) electrons. The summed E-state index contributed by atoms with van der Waals surface area (Å²) in [6.07, 6.45) is 2.21. The van der Waals surface area contributed by atoms with Crippen molar-refractivity contribution in [1.82, 2.24) is 24.4 Å². The van der Waals surface area contributed by atoms with Gasteiger partial charge in [0.1, 0.15) is 5.60 Å². The third kappa shape index (κ3) is 5.06. The molecule has 3 heterocycles. The number of nitrogens with zero attached hydrogens (tertiary/aromatic N) is 5. The lowest BCUT2D eigenvalue weighted by Crippen LogP contribution is -2.38. The van der Waals surface area contributed by atoms with Crippen molar-refractivity contribution >= 4 is 29.0 Å². The number of fused-ring (bicyclic) bond motifs is 3. The van der Waals surface area contributed by atoms with Crippen LogP contribution in [0.2, 0.25) is 0 Å². The number of carbonyl (C=O) groups is 1. The SMILES string of the molecule is Cc1cc2nc3c(=O)[nH]c(=O)nc-3n(CCN(Cc3ccc4c(c3)N=CC4)C(=O)OC(C)(C)C)c2cc1C. The van der Waals surface area contributed by atoms with Crippen molar-refractivity contribution < 1.29 is 9.53 Å². The minimum absolute atomic E-state index is 0.0701. The van der Waals surface area contributed by atoms with Crippen LogP contribution in [0.1, 0.15) is 43.0 Å². The first kappa shape index (κ1) is 25.3. The Kier molecular flexibility index (Phi) is 6.34. The summed E-state index contributed by atoms with van der Waals surface area (Å²) in [7, 11) is 0. The molecule has 3 aliphatic rings. The summed E-state index contributed by atoms with van der Waals surface area (Å²) in [5, 5.41) is 0. The summed E-state index contributed by atoms with van der Waals surface area (Å²) in [5.41, 5.74) is 4.40. The fourth-order valence-electron chi connectivity index (χ4n) is 4.52. The van der Waals surface area contributed by atoms with E-state index < -0.39 is 22.9 Å². The summed E-state index contributed by atoms with van der Waals surface area (Å²) in [6, 6.07) is 9.87. The van der Waals surface area contributed by atoms with Crippen LogP contribution < -0.4 is 11.2 Å². The number of amides is 1. The quantitative estimate of drug-likeness (QED) is 0.403. The Morgan fingerprint density at radius 2 is 1.87 bits per heavy atom. The van der Waals surface area contributed by atoms with E-state index in [0.717, 1.165) is 34.4 Å². The van der Waals surface area contributed by atoms with Crippen LogP contribution in [0.5, 0.6) is 0 Å². The van der Waals surface area contributed by atoms with E-state index in [-0.39, 0.29) is 24.6 Å². The predicted octanol–water partition coefficient (Wildman–Crippen LogP) is 3.90. The maximum Gasteiger partial charge on any atom is 0.410 e. The van der Waals surface area contributed by atoms with Crippen molar-refractivity contribution in [2.24, 2.45) is 4.99 Å². The number of hydrogen-bond acceptors (Lipinski definition) is 7. The second-order valence-electron chi connectivity index (χ2n) is 10.6. The molecule has 0 aliphatic carbocycles. The molecule has 1 amide bonds. The number of carbonyl (C=O) groups excluding carboxylic acids is 1. The standard InChI is InChI=1S/C28H30N6O4/c1-16-12-21-22(13-17(16)2)34(24-23(30-21)25(35)32-26(36)31-24)11-10-33(27(37)38-28(3,4)5)15-18-6-7-19-8-9-29-20(19)14-18/h6-7,9,12-14H,8,10-11,15H2,1-5H3,(H,32,35,36). The summed E-state index contributed by atoms with van der Waals surface area (Å²) in [5.74, 6) is 0.172. The molecular weight excluding hydrogens is 484 g/mol. The van der Waals surface area contributed by atoms with Gasteiger partial charge in [0.15, 0.2) is 11.5 Å². The number of rotatable bonds is 5. The van der Waals surface area contributed by atoms with Gasteiger partial charge in [-0.05, 0) is 75.1 Å². The van der Waals surface area contributed by atoms with Crippen molar-refractivity contribution in [1.29, 1.82) is 0 Å². The van der Waals surface area contributed by atoms with Gasteiger partial charge in [0.05, 0.1) is 16.7 Å². The van der Waals surface area contributed by atoms with E-state index in [2.05, 4.69) is 19.9 Å². The second-order valence-corrected chi connectivity index (χ2v) is 10.6. The van der Waals surface area contributed by atoms with Crippen molar-refractivity contribution in [3.63, 3.8) is 0 Å². The number of hydrogen-bond donors (Lipinski definition) is 1.